The monoisotopic (exact) mass is 932 g/mol. The molecule has 1 atom stereocenters. The van der Waals surface area contributed by atoms with Gasteiger partial charge >= 0.3 is 0 Å². The Balaban J connectivity index is 0.000000414. The quantitative estimate of drug-likeness (QED) is 0.110. The number of rotatable bonds is 8. The maximum Gasteiger partial charge on any atom is 0.0758 e. The number of para-hydroxylation sites is 1. The van der Waals surface area contributed by atoms with Crippen molar-refractivity contribution < 1.29 is 0 Å². The molecule has 0 bridgehead atoms. The molecule has 3 aliphatic carbocycles. The first-order chi connectivity index (χ1) is 34.6. The number of benzene rings is 9. The van der Waals surface area contributed by atoms with Crippen LogP contribution in [0.25, 0.3) is 77.7 Å². The molecule has 13 rings (SSSR count). The lowest BCUT2D eigenvalue weighted by Crippen LogP contribution is -2.14. The van der Waals surface area contributed by atoms with Crippen molar-refractivity contribution in [3.8, 4) is 39.1 Å². The third-order valence-electron chi connectivity index (χ3n) is 15.3. The van der Waals surface area contributed by atoms with Crippen LogP contribution in [-0.4, -0.2) is 17.0 Å². The number of nitrogens with zero attached hydrogens (tertiary/aromatic N) is 2. The summed E-state index contributed by atoms with van der Waals surface area (Å²) in [5, 5.41) is 5.02. The molecule has 0 saturated carbocycles. The Bertz CT molecular complexity index is 3840. The van der Waals surface area contributed by atoms with Crippen LogP contribution in [0.5, 0.6) is 0 Å². The number of aromatic nitrogens is 1. The number of thioether (sulfide) groups is 1. The molecule has 10 aromatic rings. The first kappa shape index (κ1) is 44.5. The Morgan fingerprint density at radius 3 is 2.10 bits per heavy atom. The molecule has 0 spiro atoms. The first-order valence-corrected chi connectivity index (χ1v) is 25.9. The summed E-state index contributed by atoms with van der Waals surface area (Å²) in [5.41, 5.74) is 20.7. The molecular formula is C68H56N2S. The smallest absolute Gasteiger partial charge is 0.0758 e. The third-order valence-corrected chi connectivity index (χ3v) is 16.4. The van der Waals surface area contributed by atoms with Crippen LogP contribution in [0, 0.1) is 0 Å². The normalized spacial score (nSPS) is 15.8. The van der Waals surface area contributed by atoms with Gasteiger partial charge in [-0.25, -0.2) is 0 Å². The van der Waals surface area contributed by atoms with E-state index >= 15 is 0 Å². The number of hydrogen-bond acceptors (Lipinski definition) is 2. The Labute approximate surface area is 422 Å². The fraction of sp³-hybridized carbons (Fsp3) is 0.132. The van der Waals surface area contributed by atoms with Crippen molar-refractivity contribution in [1.82, 2.24) is 4.57 Å². The molecule has 0 saturated heterocycles. The molecule has 1 unspecified atom stereocenters. The molecule has 71 heavy (non-hydrogen) atoms. The van der Waals surface area contributed by atoms with Crippen molar-refractivity contribution in [2.75, 3.05) is 5.75 Å². The van der Waals surface area contributed by atoms with Gasteiger partial charge in [0.2, 0.25) is 0 Å². The van der Waals surface area contributed by atoms with Crippen molar-refractivity contribution in [3.05, 3.63) is 252 Å². The van der Waals surface area contributed by atoms with Gasteiger partial charge in [-0.15, -0.1) is 11.8 Å². The van der Waals surface area contributed by atoms with Crippen molar-refractivity contribution in [1.29, 1.82) is 0 Å². The van der Waals surface area contributed by atoms with Crippen molar-refractivity contribution >= 4 is 62.8 Å². The fourth-order valence-electron chi connectivity index (χ4n) is 11.3. The van der Waals surface area contributed by atoms with Crippen LogP contribution in [0.15, 0.2) is 234 Å². The van der Waals surface area contributed by atoms with Crippen LogP contribution in [0.2, 0.25) is 0 Å². The Kier molecular flexibility index (Phi) is 11.2. The van der Waals surface area contributed by atoms with Gasteiger partial charge in [-0.1, -0.05) is 198 Å². The summed E-state index contributed by atoms with van der Waals surface area (Å²) >= 11 is 1.82. The zero-order valence-electron chi connectivity index (χ0n) is 40.9. The molecule has 0 N–H and O–H groups in total. The van der Waals surface area contributed by atoms with Gasteiger partial charge in [-0.2, -0.15) is 0 Å². The van der Waals surface area contributed by atoms with Gasteiger partial charge in [0, 0.05) is 43.9 Å². The standard InChI is InChI=1S/C57H44N2S.C11H12/c1-57(2)51-16-7-6-15-47(51)49-33-43(25-29-52(49)57)40-13-10-14-41(31-40)44-26-30-54-50(34-44)48-28-24-45(35-55(48)59(54)46-27-23-38-11-4-5-12-42(38)32-46)39-21-19-37(20-22-39)36-60-56-18-9-8-17-53(56)58-3;1-11(2)8-7-9-5-3-4-6-10(9)11/h4-21,23-35,39H,3,22,36H2,1-2H3;3-8H,1-2H3. The predicted octanol–water partition coefficient (Wildman–Crippen LogP) is 18.7. The zero-order chi connectivity index (χ0) is 48.3. The van der Waals surface area contributed by atoms with Crippen LogP contribution >= 0.6 is 11.8 Å². The van der Waals surface area contributed by atoms with E-state index < -0.39 is 0 Å². The topological polar surface area (TPSA) is 17.3 Å². The van der Waals surface area contributed by atoms with Crippen LogP contribution in [-0.2, 0) is 10.8 Å². The number of hydrogen-bond donors (Lipinski definition) is 0. The zero-order valence-corrected chi connectivity index (χ0v) is 41.7. The molecule has 3 heteroatoms. The Morgan fingerprint density at radius 1 is 0.563 bits per heavy atom. The summed E-state index contributed by atoms with van der Waals surface area (Å²) in [6.45, 7) is 12.9. The maximum atomic E-state index is 4.21. The van der Waals surface area contributed by atoms with E-state index in [2.05, 4.69) is 256 Å². The summed E-state index contributed by atoms with van der Waals surface area (Å²) in [7, 11) is 0. The summed E-state index contributed by atoms with van der Waals surface area (Å²) in [6.07, 6.45) is 12.6. The molecule has 0 fully saturated rings. The average Bonchev–Trinajstić information content (AvgIpc) is 4.00. The van der Waals surface area contributed by atoms with Crippen LogP contribution in [0.3, 0.4) is 0 Å². The van der Waals surface area contributed by atoms with E-state index in [0.717, 1.165) is 17.9 Å². The van der Waals surface area contributed by atoms with E-state index in [0.29, 0.717) is 5.92 Å². The number of aliphatic imine (C=N–C) groups is 1. The number of fused-ring (bicyclic) bond motifs is 8. The molecule has 344 valence electrons. The highest BCUT2D eigenvalue weighted by Crippen LogP contribution is 2.50. The lowest BCUT2D eigenvalue weighted by atomic mass is 9.82. The van der Waals surface area contributed by atoms with Gasteiger partial charge in [0.15, 0.2) is 0 Å². The van der Waals surface area contributed by atoms with Gasteiger partial charge in [-0.05, 0) is 145 Å². The van der Waals surface area contributed by atoms with E-state index in [4.69, 9.17) is 0 Å². The SMILES string of the molecule is C=Nc1ccccc1SCC1=CCC(c2ccc3c4cc(-c5cccc(-c6ccc7c(c6)-c6ccccc6C7(C)C)c5)ccc4n(-c4ccc5ccccc5c4)c3c2)C=C1.CC1(C)C=Cc2ccccc21. The second-order valence-corrected chi connectivity index (χ2v) is 21.4. The van der Waals surface area contributed by atoms with Gasteiger partial charge in [-0.3, -0.25) is 4.99 Å². The van der Waals surface area contributed by atoms with Crippen LogP contribution < -0.4 is 0 Å². The summed E-state index contributed by atoms with van der Waals surface area (Å²) in [6, 6.07) is 71.5. The molecule has 2 nitrogen and oxygen atoms in total. The molecule has 1 heterocycles. The van der Waals surface area contributed by atoms with Gasteiger partial charge in [0.1, 0.15) is 0 Å². The molecule has 0 aliphatic heterocycles. The minimum atomic E-state index is -0.00117. The fourth-order valence-corrected chi connectivity index (χ4v) is 12.3. The van der Waals surface area contributed by atoms with Crippen molar-refractivity contribution in [2.45, 2.75) is 55.8 Å². The highest BCUT2D eigenvalue weighted by Gasteiger charge is 2.35. The first-order valence-electron chi connectivity index (χ1n) is 24.9. The molecule has 0 amide bonds. The molecule has 9 aromatic carbocycles. The molecule has 0 radical (unpaired) electrons. The van der Waals surface area contributed by atoms with Crippen LogP contribution in [0.4, 0.5) is 5.69 Å². The number of allylic oxidation sites excluding steroid dienone is 4. The molecule has 1 aromatic heterocycles. The predicted molar refractivity (Wildman–Crippen MR) is 306 cm³/mol. The lowest BCUT2D eigenvalue weighted by Gasteiger charge is -2.21. The van der Waals surface area contributed by atoms with E-state index in [9.17, 15) is 0 Å². The van der Waals surface area contributed by atoms with E-state index in [-0.39, 0.29) is 10.8 Å². The van der Waals surface area contributed by atoms with Crippen molar-refractivity contribution in [3.63, 3.8) is 0 Å². The van der Waals surface area contributed by atoms with Crippen molar-refractivity contribution in [2.24, 2.45) is 4.99 Å². The average molecular weight is 933 g/mol. The van der Waals surface area contributed by atoms with Crippen LogP contribution in [0.1, 0.15) is 67.9 Å². The maximum absolute atomic E-state index is 4.21. The second kappa shape index (κ2) is 17.9. The highest BCUT2D eigenvalue weighted by molar-refractivity contribution is 7.99. The van der Waals surface area contributed by atoms with E-state index in [1.807, 2.05) is 23.9 Å². The largest absolute Gasteiger partial charge is 0.309 e. The Morgan fingerprint density at radius 2 is 1.28 bits per heavy atom. The van der Waals surface area contributed by atoms with Gasteiger partial charge in [0.25, 0.3) is 0 Å². The van der Waals surface area contributed by atoms with E-state index in [1.54, 1.807) is 0 Å². The minimum Gasteiger partial charge on any atom is -0.309 e. The van der Waals surface area contributed by atoms with E-state index in [1.165, 1.54) is 110 Å². The third kappa shape index (κ3) is 8.09. The highest BCUT2D eigenvalue weighted by atomic mass is 32.2. The summed E-state index contributed by atoms with van der Waals surface area (Å²) in [4.78, 5) is 5.38. The second-order valence-electron chi connectivity index (χ2n) is 20.4. The summed E-state index contributed by atoms with van der Waals surface area (Å²) < 4.78 is 2.47. The Hall–Kier alpha value is -7.72. The molecular weight excluding hydrogens is 877 g/mol. The lowest BCUT2D eigenvalue weighted by molar-refractivity contribution is 0.660. The van der Waals surface area contributed by atoms with Gasteiger partial charge in [0.05, 0.1) is 16.7 Å². The summed E-state index contributed by atoms with van der Waals surface area (Å²) in [5.74, 6) is 1.22. The minimum absolute atomic E-state index is 0.00117. The molecule has 3 aliphatic rings. The van der Waals surface area contributed by atoms with Gasteiger partial charge < -0.3 is 4.57 Å².